The van der Waals surface area contributed by atoms with Crippen LogP contribution in [0.1, 0.15) is 22.7 Å². The van der Waals surface area contributed by atoms with Crippen LogP contribution in [0.2, 0.25) is 0 Å². The second-order valence-corrected chi connectivity index (χ2v) is 3.99. The van der Waals surface area contributed by atoms with Crippen LogP contribution in [0.3, 0.4) is 0 Å². The Kier molecular flexibility index (Phi) is 3.53. The lowest BCUT2D eigenvalue weighted by Crippen LogP contribution is -2.18. The monoisotopic (exact) mass is 270 g/mol. The molecule has 100 valence electrons. The largest absolute Gasteiger partial charge is 0.416 e. The summed E-state index contributed by atoms with van der Waals surface area (Å²) in [6.07, 6.45) is -2.42. The number of nitrogens with zero attached hydrogens (tertiary/aromatic N) is 1. The van der Waals surface area contributed by atoms with Crippen LogP contribution in [-0.2, 0) is 6.18 Å². The van der Waals surface area contributed by atoms with Crippen molar-refractivity contribution >= 4 is 0 Å². The molecule has 2 N–H and O–H groups in total. The van der Waals surface area contributed by atoms with Gasteiger partial charge in [0.15, 0.2) is 0 Å². The average Bonchev–Trinajstić information content (AvgIpc) is 2.37. The number of pyridine rings is 1. The fourth-order valence-corrected chi connectivity index (χ4v) is 1.79. The number of benzene rings is 1. The summed E-state index contributed by atoms with van der Waals surface area (Å²) in [5.41, 5.74) is 5.00. The molecule has 1 aromatic heterocycles. The third-order valence-electron chi connectivity index (χ3n) is 2.70. The lowest BCUT2D eigenvalue weighted by atomic mass is 9.96. The van der Waals surface area contributed by atoms with Crippen molar-refractivity contribution in [2.45, 2.75) is 12.2 Å². The van der Waals surface area contributed by atoms with E-state index in [4.69, 9.17) is 5.73 Å². The molecule has 0 bridgehead atoms. The van der Waals surface area contributed by atoms with Gasteiger partial charge in [0.25, 0.3) is 0 Å². The van der Waals surface area contributed by atoms with E-state index in [1.807, 2.05) is 0 Å². The van der Waals surface area contributed by atoms with Crippen LogP contribution >= 0.6 is 0 Å². The molecule has 2 nitrogen and oxygen atoms in total. The number of nitrogens with two attached hydrogens (primary N) is 1. The van der Waals surface area contributed by atoms with E-state index in [2.05, 4.69) is 4.98 Å². The van der Waals surface area contributed by atoms with E-state index in [1.165, 1.54) is 18.2 Å². The molecule has 0 fully saturated rings. The van der Waals surface area contributed by atoms with Crippen LogP contribution in [0, 0.1) is 5.82 Å². The summed E-state index contributed by atoms with van der Waals surface area (Å²) in [4.78, 5) is 3.65. The van der Waals surface area contributed by atoms with Crippen molar-refractivity contribution in [2.75, 3.05) is 0 Å². The average molecular weight is 270 g/mol. The van der Waals surface area contributed by atoms with Gasteiger partial charge in [-0.15, -0.1) is 0 Å². The Morgan fingerprint density at radius 1 is 1.16 bits per heavy atom. The maximum Gasteiger partial charge on any atom is 0.416 e. The predicted octanol–water partition coefficient (Wildman–Crippen LogP) is 3.29. The van der Waals surface area contributed by atoms with Gasteiger partial charge in [-0.2, -0.15) is 13.2 Å². The van der Waals surface area contributed by atoms with E-state index >= 15 is 0 Å². The van der Waals surface area contributed by atoms with Gasteiger partial charge in [-0.1, -0.05) is 12.1 Å². The number of aromatic nitrogens is 1. The number of hydrogen-bond donors (Lipinski definition) is 1. The van der Waals surface area contributed by atoms with Crippen molar-refractivity contribution in [1.29, 1.82) is 0 Å². The topological polar surface area (TPSA) is 38.9 Å². The van der Waals surface area contributed by atoms with Gasteiger partial charge < -0.3 is 5.73 Å². The Labute approximate surface area is 106 Å². The van der Waals surface area contributed by atoms with E-state index in [1.54, 1.807) is 0 Å². The molecule has 2 rings (SSSR count). The predicted molar refractivity (Wildman–Crippen MR) is 61.7 cm³/mol. The number of halogens is 4. The fraction of sp³-hybridized carbons (Fsp3) is 0.154. The highest BCUT2D eigenvalue weighted by atomic mass is 19.4. The van der Waals surface area contributed by atoms with Crippen LogP contribution in [-0.4, -0.2) is 4.98 Å². The highest BCUT2D eigenvalue weighted by Gasteiger charge is 2.34. The lowest BCUT2D eigenvalue weighted by molar-refractivity contribution is -0.138. The van der Waals surface area contributed by atoms with Crippen molar-refractivity contribution in [1.82, 2.24) is 4.98 Å². The van der Waals surface area contributed by atoms with Gasteiger partial charge >= 0.3 is 6.18 Å². The van der Waals surface area contributed by atoms with E-state index in [0.29, 0.717) is 0 Å². The molecule has 0 aliphatic carbocycles. The minimum absolute atomic E-state index is 0.180. The third-order valence-corrected chi connectivity index (χ3v) is 2.70. The van der Waals surface area contributed by atoms with Crippen LogP contribution < -0.4 is 5.73 Å². The Morgan fingerprint density at radius 2 is 1.89 bits per heavy atom. The van der Waals surface area contributed by atoms with Crippen molar-refractivity contribution < 1.29 is 17.6 Å². The standard InChI is InChI=1S/C13H10F4N2/c14-9-3-1-2-8(6-9)12(18)10-7-19-5-4-11(10)13(15,16)17/h1-7,12H,18H2. The quantitative estimate of drug-likeness (QED) is 0.850. The molecule has 1 atom stereocenters. The first-order valence-corrected chi connectivity index (χ1v) is 5.42. The van der Waals surface area contributed by atoms with Gasteiger partial charge in [-0.25, -0.2) is 4.39 Å². The lowest BCUT2D eigenvalue weighted by Gasteiger charge is -2.18. The van der Waals surface area contributed by atoms with Crippen molar-refractivity contribution in [2.24, 2.45) is 5.73 Å². The summed E-state index contributed by atoms with van der Waals surface area (Å²) >= 11 is 0. The molecule has 1 heterocycles. The van der Waals surface area contributed by atoms with Crippen LogP contribution in [0.4, 0.5) is 17.6 Å². The van der Waals surface area contributed by atoms with Gasteiger partial charge in [-0.3, -0.25) is 4.98 Å². The second-order valence-electron chi connectivity index (χ2n) is 3.99. The van der Waals surface area contributed by atoms with Crippen LogP contribution in [0.15, 0.2) is 42.7 Å². The fourth-order valence-electron chi connectivity index (χ4n) is 1.79. The van der Waals surface area contributed by atoms with E-state index in [0.717, 1.165) is 24.5 Å². The molecule has 0 amide bonds. The number of hydrogen-bond acceptors (Lipinski definition) is 2. The van der Waals surface area contributed by atoms with Crippen molar-refractivity contribution in [3.8, 4) is 0 Å². The van der Waals surface area contributed by atoms with Gasteiger partial charge in [0.05, 0.1) is 11.6 Å². The zero-order valence-electron chi connectivity index (χ0n) is 9.66. The van der Waals surface area contributed by atoms with Crippen molar-refractivity contribution in [3.05, 3.63) is 65.2 Å². The van der Waals surface area contributed by atoms with Crippen LogP contribution in [0.5, 0.6) is 0 Å². The SMILES string of the molecule is NC(c1cccc(F)c1)c1cnccc1C(F)(F)F. The Balaban J connectivity index is 2.48. The van der Waals surface area contributed by atoms with E-state index in [-0.39, 0.29) is 11.1 Å². The van der Waals surface area contributed by atoms with Gasteiger partial charge in [0.1, 0.15) is 5.82 Å². The summed E-state index contributed by atoms with van der Waals surface area (Å²) < 4.78 is 51.6. The molecule has 0 aliphatic heterocycles. The van der Waals surface area contributed by atoms with Crippen molar-refractivity contribution in [3.63, 3.8) is 0 Å². The summed E-state index contributed by atoms with van der Waals surface area (Å²) in [7, 11) is 0. The second kappa shape index (κ2) is 4.97. The molecule has 2 aromatic rings. The molecule has 0 spiro atoms. The first-order valence-electron chi connectivity index (χ1n) is 5.42. The van der Waals surface area contributed by atoms with Crippen LogP contribution in [0.25, 0.3) is 0 Å². The normalized spacial score (nSPS) is 13.3. The summed E-state index contributed by atoms with van der Waals surface area (Å²) in [5.74, 6) is -0.551. The maximum atomic E-state index is 13.1. The summed E-state index contributed by atoms with van der Waals surface area (Å²) in [5, 5.41) is 0. The minimum Gasteiger partial charge on any atom is -0.320 e. The summed E-state index contributed by atoms with van der Waals surface area (Å²) in [6, 6.07) is 4.95. The van der Waals surface area contributed by atoms with Gasteiger partial charge in [0.2, 0.25) is 0 Å². The van der Waals surface area contributed by atoms with E-state index in [9.17, 15) is 17.6 Å². The minimum atomic E-state index is -4.52. The smallest absolute Gasteiger partial charge is 0.320 e. The molecule has 0 aliphatic rings. The highest BCUT2D eigenvalue weighted by Crippen LogP contribution is 2.35. The molecule has 0 saturated carbocycles. The first kappa shape index (κ1) is 13.5. The third kappa shape index (κ3) is 2.90. The van der Waals surface area contributed by atoms with Gasteiger partial charge in [0, 0.05) is 18.0 Å². The van der Waals surface area contributed by atoms with E-state index < -0.39 is 23.6 Å². The number of alkyl halides is 3. The molecule has 6 heteroatoms. The number of rotatable bonds is 2. The molecule has 19 heavy (non-hydrogen) atoms. The molecular weight excluding hydrogens is 260 g/mol. The molecular formula is C13H10F4N2. The maximum absolute atomic E-state index is 13.1. The molecule has 0 radical (unpaired) electrons. The molecule has 0 saturated heterocycles. The molecule has 1 unspecified atom stereocenters. The Bertz CT molecular complexity index is 581. The zero-order chi connectivity index (χ0) is 14.0. The Morgan fingerprint density at radius 3 is 2.53 bits per heavy atom. The molecule has 1 aromatic carbocycles. The Hall–Kier alpha value is -1.95. The first-order chi connectivity index (χ1) is 8.89. The summed E-state index contributed by atoms with van der Waals surface area (Å²) in [6.45, 7) is 0. The zero-order valence-corrected chi connectivity index (χ0v) is 9.66. The van der Waals surface area contributed by atoms with Gasteiger partial charge in [-0.05, 0) is 23.8 Å². The highest BCUT2D eigenvalue weighted by molar-refractivity contribution is 5.36.